The molecule has 1 fully saturated rings. The summed E-state index contributed by atoms with van der Waals surface area (Å²) in [5.41, 5.74) is 1.74. The lowest BCUT2D eigenvalue weighted by Crippen LogP contribution is -2.36. The van der Waals surface area contributed by atoms with Gasteiger partial charge in [0, 0.05) is 47.0 Å². The van der Waals surface area contributed by atoms with Crippen molar-refractivity contribution in [3.8, 4) is 0 Å². The highest BCUT2D eigenvalue weighted by molar-refractivity contribution is 7.92. The molecule has 4 aromatic rings. The Morgan fingerprint density at radius 1 is 1.14 bits per heavy atom. The number of sulfonamides is 1. The Labute approximate surface area is 252 Å². The molecule has 0 spiro atoms. The maximum Gasteiger partial charge on any atom is 0.333 e. The number of ketones is 1. The monoisotopic (exact) mass is 648 g/mol. The van der Waals surface area contributed by atoms with Crippen LogP contribution in [-0.4, -0.2) is 78.5 Å². The number of carbonyl (C=O) groups excluding carboxylic acids is 1. The SMILES string of the molecule is CS(=O)(=O)Nc1cccc(Cn2cc(C(=O)c3cncnc3N[C@@H]3C[C@H](COS(N)(=O)=O)[C@@H](O)[C@H]3O)c3cc(F)ccc32)c1. The van der Waals surface area contributed by atoms with Gasteiger partial charge in [-0.25, -0.2) is 27.9 Å². The minimum absolute atomic E-state index is 0.00101. The number of carbonyl (C=O) groups is 1. The fourth-order valence-corrected chi connectivity index (χ4v) is 6.19. The van der Waals surface area contributed by atoms with E-state index in [2.05, 4.69) is 24.2 Å². The number of nitrogens with one attached hydrogen (secondary N) is 2. The molecule has 4 atom stereocenters. The lowest BCUT2D eigenvalue weighted by Gasteiger charge is -2.19. The van der Waals surface area contributed by atoms with Crippen molar-refractivity contribution in [3.05, 3.63) is 83.7 Å². The number of hydrogen-bond donors (Lipinski definition) is 5. The van der Waals surface area contributed by atoms with Crippen LogP contribution in [0.2, 0.25) is 0 Å². The molecule has 44 heavy (non-hydrogen) atoms. The molecule has 14 nitrogen and oxygen atoms in total. The van der Waals surface area contributed by atoms with Gasteiger partial charge in [0.1, 0.15) is 24.1 Å². The molecule has 0 amide bonds. The van der Waals surface area contributed by atoms with Crippen LogP contribution in [-0.2, 0) is 31.1 Å². The van der Waals surface area contributed by atoms with E-state index in [0.29, 0.717) is 22.2 Å². The summed E-state index contributed by atoms with van der Waals surface area (Å²) in [5, 5.41) is 29.1. The van der Waals surface area contributed by atoms with E-state index in [1.807, 2.05) is 0 Å². The van der Waals surface area contributed by atoms with Crippen LogP contribution in [0, 0.1) is 11.7 Å². The molecule has 0 bridgehead atoms. The van der Waals surface area contributed by atoms with Gasteiger partial charge in [-0.05, 0) is 42.3 Å². The van der Waals surface area contributed by atoms with E-state index >= 15 is 0 Å². The fourth-order valence-electron chi connectivity index (χ4n) is 5.27. The number of halogens is 1. The van der Waals surface area contributed by atoms with E-state index < -0.39 is 62.7 Å². The molecule has 1 aliphatic rings. The van der Waals surface area contributed by atoms with Crippen LogP contribution in [0.4, 0.5) is 15.9 Å². The molecule has 234 valence electrons. The minimum Gasteiger partial charge on any atom is -0.390 e. The van der Waals surface area contributed by atoms with E-state index in [9.17, 15) is 36.2 Å². The van der Waals surface area contributed by atoms with Crippen LogP contribution >= 0.6 is 0 Å². The van der Waals surface area contributed by atoms with Crippen LogP contribution in [0.3, 0.4) is 0 Å². The van der Waals surface area contributed by atoms with E-state index in [1.54, 1.807) is 35.0 Å². The number of nitrogens with two attached hydrogens (primary N) is 1. The standard InChI is InChI=1S/C27H29FN6O8S2/c1-43(38,39)33-18-4-2-3-15(7-18)11-34-12-21(19-9-17(28)5-6-23(19)34)25(36)20-10-30-14-31-27(20)32-22-8-16(24(35)26(22)37)13-42-44(29,40)41/h2-7,9-10,12,14,16,22,24,26,33,35,37H,8,11,13H2,1H3,(H2,29,40,41)(H,30,31,32)/t16-,22-,24-,26+/m1/s1. The lowest BCUT2D eigenvalue weighted by molar-refractivity contribution is 0.00778. The largest absolute Gasteiger partial charge is 0.390 e. The van der Waals surface area contributed by atoms with Crippen molar-refractivity contribution in [2.45, 2.75) is 31.2 Å². The number of rotatable bonds is 11. The molecule has 2 heterocycles. The Morgan fingerprint density at radius 2 is 1.91 bits per heavy atom. The van der Waals surface area contributed by atoms with E-state index in [1.165, 1.54) is 30.7 Å². The average Bonchev–Trinajstić information content (AvgIpc) is 3.42. The Kier molecular flexibility index (Phi) is 8.70. The number of aliphatic hydroxyl groups is 2. The van der Waals surface area contributed by atoms with E-state index in [4.69, 9.17) is 5.14 Å². The van der Waals surface area contributed by atoms with Crippen LogP contribution in [0.5, 0.6) is 0 Å². The topological polar surface area (TPSA) is 216 Å². The summed E-state index contributed by atoms with van der Waals surface area (Å²) in [7, 11) is -7.76. The highest BCUT2D eigenvalue weighted by Gasteiger charge is 2.42. The fraction of sp³-hybridized carbons (Fsp3) is 0.296. The minimum atomic E-state index is -4.26. The number of benzene rings is 2. The van der Waals surface area contributed by atoms with Gasteiger partial charge in [-0.3, -0.25) is 13.7 Å². The Balaban J connectivity index is 1.44. The van der Waals surface area contributed by atoms with Gasteiger partial charge in [0.05, 0.1) is 30.6 Å². The first-order valence-electron chi connectivity index (χ1n) is 13.2. The number of nitrogens with zero attached hydrogens (tertiary/aromatic N) is 3. The molecule has 0 radical (unpaired) electrons. The molecule has 1 saturated carbocycles. The molecule has 2 aromatic carbocycles. The van der Waals surface area contributed by atoms with Gasteiger partial charge in [0.25, 0.3) is 0 Å². The molecule has 6 N–H and O–H groups in total. The Hall–Kier alpha value is -4.00. The number of hydrogen-bond acceptors (Lipinski definition) is 11. The predicted octanol–water partition coefficient (Wildman–Crippen LogP) is 0.964. The third-order valence-corrected chi connectivity index (χ3v) is 8.27. The number of anilines is 2. The first-order valence-corrected chi connectivity index (χ1v) is 16.5. The molecule has 17 heteroatoms. The van der Waals surface area contributed by atoms with Crippen molar-refractivity contribution in [2.75, 3.05) is 22.9 Å². The summed E-state index contributed by atoms with van der Waals surface area (Å²) in [4.78, 5) is 22.0. The second-order valence-corrected chi connectivity index (χ2v) is 13.5. The number of aromatic nitrogens is 3. The summed E-state index contributed by atoms with van der Waals surface area (Å²) in [6.07, 6.45) is 2.40. The summed E-state index contributed by atoms with van der Waals surface area (Å²) in [6, 6.07) is 9.88. The molecule has 0 unspecified atom stereocenters. The van der Waals surface area contributed by atoms with Crippen LogP contribution in [0.15, 0.2) is 61.2 Å². The Bertz CT molecular complexity index is 1940. The maximum absolute atomic E-state index is 14.4. The molecule has 5 rings (SSSR count). The van der Waals surface area contributed by atoms with Crippen LogP contribution in [0.25, 0.3) is 10.9 Å². The van der Waals surface area contributed by atoms with Gasteiger partial charge >= 0.3 is 10.3 Å². The summed E-state index contributed by atoms with van der Waals surface area (Å²) >= 11 is 0. The smallest absolute Gasteiger partial charge is 0.333 e. The highest BCUT2D eigenvalue weighted by Crippen LogP contribution is 2.32. The first kappa shape index (κ1) is 31.4. The Morgan fingerprint density at radius 3 is 2.64 bits per heavy atom. The van der Waals surface area contributed by atoms with Crippen LogP contribution < -0.4 is 15.2 Å². The molecule has 0 saturated heterocycles. The van der Waals surface area contributed by atoms with Crippen LogP contribution in [0.1, 0.15) is 27.9 Å². The normalized spacial score (nSPS) is 20.6. The lowest BCUT2D eigenvalue weighted by atomic mass is 10.0. The number of fused-ring (bicyclic) bond motifs is 1. The van der Waals surface area contributed by atoms with Crippen molar-refractivity contribution >= 4 is 48.5 Å². The third kappa shape index (κ3) is 7.20. The predicted molar refractivity (Wildman–Crippen MR) is 158 cm³/mol. The second-order valence-electron chi connectivity index (χ2n) is 10.5. The van der Waals surface area contributed by atoms with Crippen molar-refractivity contribution in [1.29, 1.82) is 0 Å². The molecular weight excluding hydrogens is 619 g/mol. The van der Waals surface area contributed by atoms with E-state index in [0.717, 1.165) is 6.26 Å². The third-order valence-electron chi connectivity index (χ3n) is 7.20. The van der Waals surface area contributed by atoms with Gasteiger partial charge in [0.2, 0.25) is 10.0 Å². The second kappa shape index (κ2) is 12.2. The molecule has 1 aliphatic carbocycles. The zero-order chi connectivity index (χ0) is 31.8. The number of aliphatic hydroxyl groups excluding tert-OH is 2. The summed E-state index contributed by atoms with van der Waals surface area (Å²) in [5.74, 6) is -1.88. The van der Waals surface area contributed by atoms with Gasteiger partial charge in [0.15, 0.2) is 5.78 Å². The maximum atomic E-state index is 14.4. The van der Waals surface area contributed by atoms with Crippen molar-refractivity contribution in [3.63, 3.8) is 0 Å². The van der Waals surface area contributed by atoms with Gasteiger partial charge in [-0.15, -0.1) is 0 Å². The zero-order valence-electron chi connectivity index (χ0n) is 23.2. The highest BCUT2D eigenvalue weighted by atomic mass is 32.2. The molecule has 0 aliphatic heterocycles. The zero-order valence-corrected chi connectivity index (χ0v) is 24.8. The van der Waals surface area contributed by atoms with Crippen molar-refractivity contribution in [2.24, 2.45) is 11.1 Å². The molecule has 2 aromatic heterocycles. The summed E-state index contributed by atoms with van der Waals surface area (Å²) < 4.78 is 68.8. The van der Waals surface area contributed by atoms with Crippen molar-refractivity contribution in [1.82, 2.24) is 14.5 Å². The summed E-state index contributed by atoms with van der Waals surface area (Å²) in [6.45, 7) is -0.234. The molecular formula is C27H29FN6O8S2. The first-order chi connectivity index (χ1) is 20.7. The van der Waals surface area contributed by atoms with Crippen molar-refractivity contribution < 1.29 is 40.4 Å². The average molecular weight is 649 g/mol. The van der Waals surface area contributed by atoms with Gasteiger partial charge in [-0.2, -0.15) is 8.42 Å². The van der Waals surface area contributed by atoms with Gasteiger partial charge in [-0.1, -0.05) is 12.1 Å². The van der Waals surface area contributed by atoms with E-state index in [-0.39, 0.29) is 29.9 Å². The quantitative estimate of drug-likeness (QED) is 0.144. The van der Waals surface area contributed by atoms with Gasteiger partial charge < -0.3 is 20.1 Å².